The van der Waals surface area contributed by atoms with E-state index in [4.69, 9.17) is 14.2 Å². The molecule has 0 spiro atoms. The molecule has 0 amide bonds. The lowest BCUT2D eigenvalue weighted by Crippen LogP contribution is -2.30. The first-order valence-electron chi connectivity index (χ1n) is 31.8. The standard InChI is InChI=1S/C67H120O6/c1-4-7-10-13-16-19-22-25-28-31-34-37-39-42-45-48-51-54-57-60-66(69)72-63-64(73-67(70)61-58-55-52-49-46-43-40-36-33-30-27-24-21-18-15-12-9-6-3)62-71-65(68)59-56-53-50-47-44-41-38-35-32-29-26-23-20-17-14-11-8-5-2/h7,10,16,19,25,28,35-36,38,40,64H,4-6,8-9,11-15,17-18,20-24,26-27,29-34,37,39,41-63H2,1-3H3/b10-7-,19-16-,28-25-,38-35-,40-36-. The molecule has 0 saturated carbocycles. The molecule has 0 aromatic rings. The molecular weight excluding hydrogens is 901 g/mol. The Morgan fingerprint density at radius 1 is 0.288 bits per heavy atom. The van der Waals surface area contributed by atoms with Gasteiger partial charge in [0, 0.05) is 19.3 Å². The second-order valence-corrected chi connectivity index (χ2v) is 21.3. The topological polar surface area (TPSA) is 78.9 Å². The van der Waals surface area contributed by atoms with Crippen molar-refractivity contribution in [2.24, 2.45) is 0 Å². The van der Waals surface area contributed by atoms with Gasteiger partial charge < -0.3 is 14.2 Å². The number of ether oxygens (including phenoxy) is 3. The summed E-state index contributed by atoms with van der Waals surface area (Å²) in [5.74, 6) is -0.886. The summed E-state index contributed by atoms with van der Waals surface area (Å²) in [6.45, 7) is 6.56. The first kappa shape index (κ1) is 70.1. The lowest BCUT2D eigenvalue weighted by atomic mass is 10.1. The van der Waals surface area contributed by atoms with E-state index in [1.54, 1.807) is 0 Å². The van der Waals surface area contributed by atoms with Gasteiger partial charge in [-0.1, -0.05) is 268 Å². The number of carbonyl (C=O) groups excluding carboxylic acids is 3. The van der Waals surface area contributed by atoms with E-state index in [1.165, 1.54) is 193 Å². The monoisotopic (exact) mass is 1020 g/mol. The number of hydrogen-bond donors (Lipinski definition) is 0. The van der Waals surface area contributed by atoms with Crippen molar-refractivity contribution in [3.05, 3.63) is 60.8 Å². The summed E-state index contributed by atoms with van der Waals surface area (Å²) in [6, 6.07) is 0. The Morgan fingerprint density at radius 3 is 0.849 bits per heavy atom. The lowest BCUT2D eigenvalue weighted by Gasteiger charge is -2.18. The number of carbonyl (C=O) groups is 3. The highest BCUT2D eigenvalue weighted by molar-refractivity contribution is 5.71. The third kappa shape index (κ3) is 59.9. The van der Waals surface area contributed by atoms with Gasteiger partial charge >= 0.3 is 17.9 Å². The molecule has 73 heavy (non-hydrogen) atoms. The molecule has 0 rings (SSSR count). The molecule has 1 atom stereocenters. The van der Waals surface area contributed by atoms with Crippen LogP contribution >= 0.6 is 0 Å². The fourth-order valence-corrected chi connectivity index (χ4v) is 9.21. The summed E-state index contributed by atoms with van der Waals surface area (Å²) in [5, 5.41) is 0. The van der Waals surface area contributed by atoms with Crippen LogP contribution in [0.15, 0.2) is 60.8 Å². The molecule has 0 radical (unpaired) electrons. The zero-order valence-electron chi connectivity index (χ0n) is 48.7. The zero-order valence-corrected chi connectivity index (χ0v) is 48.7. The van der Waals surface area contributed by atoms with E-state index < -0.39 is 6.10 Å². The van der Waals surface area contributed by atoms with Gasteiger partial charge in [-0.15, -0.1) is 0 Å². The van der Waals surface area contributed by atoms with Crippen LogP contribution in [-0.4, -0.2) is 37.2 Å². The smallest absolute Gasteiger partial charge is 0.306 e. The Hall–Kier alpha value is -2.89. The molecule has 0 aliphatic heterocycles. The van der Waals surface area contributed by atoms with E-state index in [9.17, 15) is 14.4 Å². The minimum atomic E-state index is -0.785. The fraction of sp³-hybridized carbons (Fsp3) is 0.806. The van der Waals surface area contributed by atoms with Gasteiger partial charge in [0.2, 0.25) is 0 Å². The zero-order chi connectivity index (χ0) is 52.9. The lowest BCUT2D eigenvalue weighted by molar-refractivity contribution is -0.167. The SMILES string of the molecule is CC/C=C\C/C=C\C/C=C\CCCCCCCCCCCC(=O)OCC(COC(=O)CCCCCCC/C=C\CCCCCCCCCCC)OC(=O)CCCCCCC/C=C\CCCCCCCCCCC. The third-order valence-electron chi connectivity index (χ3n) is 14.0. The van der Waals surface area contributed by atoms with Gasteiger partial charge in [0.05, 0.1) is 0 Å². The van der Waals surface area contributed by atoms with E-state index in [0.717, 1.165) is 96.3 Å². The number of esters is 3. The van der Waals surface area contributed by atoms with Crippen LogP contribution in [0.5, 0.6) is 0 Å². The van der Waals surface area contributed by atoms with Gasteiger partial charge in [0.1, 0.15) is 13.2 Å². The van der Waals surface area contributed by atoms with Gasteiger partial charge in [-0.2, -0.15) is 0 Å². The molecule has 0 saturated heterocycles. The Bertz CT molecular complexity index is 1310. The molecule has 0 aliphatic rings. The maximum atomic E-state index is 12.9. The van der Waals surface area contributed by atoms with Crippen molar-refractivity contribution in [3.63, 3.8) is 0 Å². The minimum Gasteiger partial charge on any atom is -0.462 e. The van der Waals surface area contributed by atoms with Crippen LogP contribution in [0.25, 0.3) is 0 Å². The van der Waals surface area contributed by atoms with Crippen LogP contribution in [0.2, 0.25) is 0 Å². The van der Waals surface area contributed by atoms with Crippen molar-refractivity contribution in [1.29, 1.82) is 0 Å². The van der Waals surface area contributed by atoms with Crippen LogP contribution in [-0.2, 0) is 28.6 Å². The van der Waals surface area contributed by atoms with E-state index in [0.29, 0.717) is 19.3 Å². The van der Waals surface area contributed by atoms with Crippen LogP contribution in [0.1, 0.15) is 329 Å². The largest absolute Gasteiger partial charge is 0.462 e. The van der Waals surface area contributed by atoms with Crippen LogP contribution in [0.4, 0.5) is 0 Å². The van der Waals surface area contributed by atoms with Crippen LogP contribution < -0.4 is 0 Å². The fourth-order valence-electron chi connectivity index (χ4n) is 9.21. The Morgan fingerprint density at radius 2 is 0.534 bits per heavy atom. The number of allylic oxidation sites excluding steroid dienone is 10. The van der Waals surface area contributed by atoms with E-state index in [1.807, 2.05) is 0 Å². The summed E-state index contributed by atoms with van der Waals surface area (Å²) in [4.78, 5) is 38.3. The second kappa shape index (κ2) is 61.7. The van der Waals surface area contributed by atoms with Gasteiger partial charge in [-0.05, 0) is 103 Å². The van der Waals surface area contributed by atoms with Gasteiger partial charge in [0.25, 0.3) is 0 Å². The predicted octanol–water partition coefficient (Wildman–Crippen LogP) is 21.6. The molecule has 0 N–H and O–H groups in total. The van der Waals surface area contributed by atoms with E-state index in [2.05, 4.69) is 81.5 Å². The van der Waals surface area contributed by atoms with Crippen LogP contribution in [0, 0.1) is 0 Å². The van der Waals surface area contributed by atoms with Gasteiger partial charge in [-0.25, -0.2) is 0 Å². The number of hydrogen-bond acceptors (Lipinski definition) is 6. The second-order valence-electron chi connectivity index (χ2n) is 21.3. The van der Waals surface area contributed by atoms with Crippen molar-refractivity contribution in [2.45, 2.75) is 335 Å². The molecule has 0 aromatic carbocycles. The van der Waals surface area contributed by atoms with Crippen molar-refractivity contribution in [2.75, 3.05) is 13.2 Å². The molecule has 0 fully saturated rings. The molecular formula is C67H120O6. The molecule has 0 heterocycles. The highest BCUT2D eigenvalue weighted by Gasteiger charge is 2.19. The quantitative estimate of drug-likeness (QED) is 0.0261. The molecule has 0 aliphatic carbocycles. The van der Waals surface area contributed by atoms with Gasteiger partial charge in [-0.3, -0.25) is 14.4 Å². The normalized spacial score (nSPS) is 12.4. The maximum Gasteiger partial charge on any atom is 0.306 e. The van der Waals surface area contributed by atoms with Crippen molar-refractivity contribution < 1.29 is 28.6 Å². The number of unbranched alkanes of at least 4 members (excludes halogenated alkanes) is 37. The first-order chi connectivity index (χ1) is 36.0. The molecule has 1 unspecified atom stereocenters. The average molecular weight is 1020 g/mol. The Kier molecular flexibility index (Phi) is 59.2. The molecule has 0 bridgehead atoms. The molecule has 424 valence electrons. The molecule has 6 nitrogen and oxygen atoms in total. The highest BCUT2D eigenvalue weighted by Crippen LogP contribution is 2.16. The Balaban J connectivity index is 4.38. The first-order valence-corrected chi connectivity index (χ1v) is 31.8. The van der Waals surface area contributed by atoms with E-state index in [-0.39, 0.29) is 31.1 Å². The Labute approximate surface area is 453 Å². The maximum absolute atomic E-state index is 12.9. The molecule has 6 heteroatoms. The average Bonchev–Trinajstić information content (AvgIpc) is 3.39. The van der Waals surface area contributed by atoms with Gasteiger partial charge in [0.15, 0.2) is 6.10 Å². The summed E-state index contributed by atoms with van der Waals surface area (Å²) in [6.07, 6.45) is 77.9. The van der Waals surface area contributed by atoms with Crippen molar-refractivity contribution in [3.8, 4) is 0 Å². The highest BCUT2D eigenvalue weighted by atomic mass is 16.6. The van der Waals surface area contributed by atoms with Crippen molar-refractivity contribution >= 4 is 17.9 Å². The predicted molar refractivity (Wildman–Crippen MR) is 316 cm³/mol. The van der Waals surface area contributed by atoms with Crippen molar-refractivity contribution in [1.82, 2.24) is 0 Å². The summed E-state index contributed by atoms with van der Waals surface area (Å²) < 4.78 is 16.9. The summed E-state index contributed by atoms with van der Waals surface area (Å²) >= 11 is 0. The third-order valence-corrected chi connectivity index (χ3v) is 14.0. The van der Waals surface area contributed by atoms with Crippen LogP contribution in [0.3, 0.4) is 0 Å². The summed E-state index contributed by atoms with van der Waals surface area (Å²) in [5.41, 5.74) is 0. The minimum absolute atomic E-state index is 0.0814. The molecule has 0 aromatic heterocycles. The van der Waals surface area contributed by atoms with E-state index >= 15 is 0 Å². The summed E-state index contributed by atoms with van der Waals surface area (Å²) in [7, 11) is 0. The number of rotatable bonds is 58.